The van der Waals surface area contributed by atoms with Gasteiger partial charge in [-0.2, -0.15) is 0 Å². The maximum atomic E-state index is 13.6. The molecule has 0 saturated carbocycles. The molecule has 0 aliphatic heterocycles. The minimum absolute atomic E-state index is 0.123. The first-order valence-corrected chi connectivity index (χ1v) is 6.40. The Morgan fingerprint density at radius 3 is 2.44 bits per heavy atom. The second-order valence-corrected chi connectivity index (χ2v) is 5.04. The lowest BCUT2D eigenvalue weighted by atomic mass is 10.0. The molecule has 0 spiro atoms. The average molecular weight is 307 g/mol. The van der Waals surface area contributed by atoms with Crippen molar-refractivity contribution in [3.8, 4) is 0 Å². The zero-order valence-electron chi connectivity index (χ0n) is 9.91. The van der Waals surface area contributed by atoms with Crippen molar-refractivity contribution in [2.24, 2.45) is 0 Å². The summed E-state index contributed by atoms with van der Waals surface area (Å²) in [5.74, 6) is -0.703. The Labute approximate surface area is 114 Å². The Kier molecular flexibility index (Phi) is 3.92. The Balaban J connectivity index is 2.25. The minimum Gasteiger partial charge on any atom is -0.294 e. The quantitative estimate of drug-likeness (QED) is 0.772. The van der Waals surface area contributed by atoms with Crippen LogP contribution in [0.25, 0.3) is 0 Å². The van der Waals surface area contributed by atoms with Crippen LogP contribution in [0.3, 0.4) is 0 Å². The van der Waals surface area contributed by atoms with Crippen LogP contribution in [0.5, 0.6) is 0 Å². The predicted octanol–water partition coefficient (Wildman–Crippen LogP) is 4.32. The van der Waals surface area contributed by atoms with Gasteiger partial charge in [0.15, 0.2) is 5.78 Å². The summed E-state index contributed by atoms with van der Waals surface area (Å²) in [5, 5.41) is 0. The summed E-state index contributed by atoms with van der Waals surface area (Å²) in [5.41, 5.74) is 2.15. The molecule has 0 heterocycles. The molecule has 2 aromatic carbocycles. The van der Waals surface area contributed by atoms with Crippen LogP contribution in [-0.2, 0) is 6.42 Å². The van der Waals surface area contributed by atoms with Crippen LogP contribution in [0, 0.1) is 12.7 Å². The number of carbonyl (C=O) groups excluding carboxylic acids is 1. The Morgan fingerprint density at radius 1 is 1.17 bits per heavy atom. The van der Waals surface area contributed by atoms with E-state index in [-0.39, 0.29) is 17.8 Å². The van der Waals surface area contributed by atoms with Crippen LogP contribution in [0.1, 0.15) is 21.5 Å². The lowest BCUT2D eigenvalue weighted by molar-refractivity contribution is 0.0988. The largest absolute Gasteiger partial charge is 0.294 e. The van der Waals surface area contributed by atoms with E-state index in [1.165, 1.54) is 6.07 Å². The predicted molar refractivity (Wildman–Crippen MR) is 73.3 cm³/mol. The van der Waals surface area contributed by atoms with Gasteiger partial charge in [0.2, 0.25) is 0 Å². The summed E-state index contributed by atoms with van der Waals surface area (Å²) in [6.45, 7) is 1.99. The molecule has 0 N–H and O–H groups in total. The number of hydrogen-bond acceptors (Lipinski definition) is 1. The van der Waals surface area contributed by atoms with Crippen LogP contribution >= 0.6 is 15.9 Å². The van der Waals surface area contributed by atoms with E-state index in [1.807, 2.05) is 31.2 Å². The van der Waals surface area contributed by atoms with Crippen molar-refractivity contribution in [1.82, 2.24) is 0 Å². The van der Waals surface area contributed by atoms with Crippen molar-refractivity contribution in [2.45, 2.75) is 13.3 Å². The highest BCUT2D eigenvalue weighted by molar-refractivity contribution is 9.10. The molecule has 0 aliphatic carbocycles. The van der Waals surface area contributed by atoms with Gasteiger partial charge in [-0.05, 0) is 40.5 Å². The number of Topliss-reactive ketones (excluding diaryl/α,β-unsaturated/α-hetero) is 1. The summed E-state index contributed by atoms with van der Waals surface area (Å²) < 4.78 is 14.1. The highest BCUT2D eigenvalue weighted by Crippen LogP contribution is 2.21. The van der Waals surface area contributed by atoms with Crippen molar-refractivity contribution in [2.75, 3.05) is 0 Å². The van der Waals surface area contributed by atoms with Crippen LogP contribution in [-0.4, -0.2) is 5.78 Å². The molecule has 92 valence electrons. The Hall–Kier alpha value is -1.48. The SMILES string of the molecule is Cc1ccc(CC(=O)c2c(F)cccc2Br)cc1. The highest BCUT2D eigenvalue weighted by Gasteiger charge is 2.15. The van der Waals surface area contributed by atoms with Crippen molar-refractivity contribution in [3.05, 3.63) is 69.4 Å². The zero-order valence-corrected chi connectivity index (χ0v) is 11.5. The molecule has 0 unspecified atom stereocenters. The summed E-state index contributed by atoms with van der Waals surface area (Å²) in [6.07, 6.45) is 0.208. The Morgan fingerprint density at radius 2 is 1.83 bits per heavy atom. The number of hydrogen-bond donors (Lipinski definition) is 0. The van der Waals surface area contributed by atoms with Crippen LogP contribution in [0.4, 0.5) is 4.39 Å². The number of rotatable bonds is 3. The number of benzene rings is 2. The van der Waals surface area contributed by atoms with E-state index in [1.54, 1.807) is 12.1 Å². The molecule has 0 radical (unpaired) electrons. The third-order valence-corrected chi connectivity index (χ3v) is 3.39. The van der Waals surface area contributed by atoms with E-state index in [2.05, 4.69) is 15.9 Å². The van der Waals surface area contributed by atoms with E-state index < -0.39 is 5.82 Å². The summed E-state index contributed by atoms with van der Waals surface area (Å²) in [7, 11) is 0. The van der Waals surface area contributed by atoms with Gasteiger partial charge in [-0.15, -0.1) is 0 Å². The molecule has 2 aromatic rings. The number of halogens is 2. The second kappa shape index (κ2) is 5.44. The number of ketones is 1. The molecule has 2 rings (SSSR count). The van der Waals surface area contributed by atoms with Crippen molar-refractivity contribution in [3.63, 3.8) is 0 Å². The third kappa shape index (κ3) is 2.85. The van der Waals surface area contributed by atoms with Crippen LogP contribution in [0.15, 0.2) is 46.9 Å². The monoisotopic (exact) mass is 306 g/mol. The van der Waals surface area contributed by atoms with Crippen molar-refractivity contribution >= 4 is 21.7 Å². The van der Waals surface area contributed by atoms with Gasteiger partial charge in [0.1, 0.15) is 5.82 Å². The summed E-state index contributed by atoms with van der Waals surface area (Å²) >= 11 is 3.21. The number of aryl methyl sites for hydroxylation is 1. The molecule has 0 bridgehead atoms. The average Bonchev–Trinajstić information content (AvgIpc) is 2.32. The van der Waals surface area contributed by atoms with Gasteiger partial charge in [0.05, 0.1) is 5.56 Å². The first-order chi connectivity index (χ1) is 8.58. The van der Waals surface area contributed by atoms with Gasteiger partial charge in [0.25, 0.3) is 0 Å². The lowest BCUT2D eigenvalue weighted by Crippen LogP contribution is -2.07. The molecule has 0 amide bonds. The summed E-state index contributed by atoms with van der Waals surface area (Å²) in [6, 6.07) is 12.2. The normalized spacial score (nSPS) is 10.4. The van der Waals surface area contributed by atoms with Gasteiger partial charge in [-0.1, -0.05) is 35.9 Å². The van der Waals surface area contributed by atoms with Gasteiger partial charge in [0, 0.05) is 10.9 Å². The number of carbonyl (C=O) groups is 1. The van der Waals surface area contributed by atoms with E-state index in [9.17, 15) is 9.18 Å². The van der Waals surface area contributed by atoms with Crippen molar-refractivity contribution in [1.29, 1.82) is 0 Å². The first kappa shape index (κ1) is 13.0. The topological polar surface area (TPSA) is 17.1 Å². The first-order valence-electron chi connectivity index (χ1n) is 5.60. The zero-order chi connectivity index (χ0) is 13.1. The van der Waals surface area contributed by atoms with Gasteiger partial charge in [-0.3, -0.25) is 4.79 Å². The van der Waals surface area contributed by atoms with Gasteiger partial charge >= 0.3 is 0 Å². The summed E-state index contributed by atoms with van der Waals surface area (Å²) in [4.78, 5) is 12.1. The van der Waals surface area contributed by atoms with E-state index >= 15 is 0 Å². The molecule has 0 atom stereocenters. The second-order valence-electron chi connectivity index (χ2n) is 4.18. The molecule has 3 heteroatoms. The van der Waals surface area contributed by atoms with E-state index in [4.69, 9.17) is 0 Å². The highest BCUT2D eigenvalue weighted by atomic mass is 79.9. The molecular formula is C15H12BrFO. The van der Waals surface area contributed by atoms with Gasteiger partial charge in [-0.25, -0.2) is 4.39 Å². The van der Waals surface area contributed by atoms with Crippen LogP contribution in [0.2, 0.25) is 0 Å². The molecule has 18 heavy (non-hydrogen) atoms. The fraction of sp³-hybridized carbons (Fsp3) is 0.133. The molecule has 0 saturated heterocycles. The smallest absolute Gasteiger partial charge is 0.171 e. The standard InChI is InChI=1S/C15H12BrFO/c1-10-5-7-11(8-6-10)9-14(18)15-12(16)3-2-4-13(15)17/h2-8H,9H2,1H3. The molecule has 0 fully saturated rings. The maximum Gasteiger partial charge on any atom is 0.171 e. The fourth-order valence-corrected chi connectivity index (χ4v) is 2.31. The van der Waals surface area contributed by atoms with Crippen molar-refractivity contribution < 1.29 is 9.18 Å². The molecule has 1 nitrogen and oxygen atoms in total. The van der Waals surface area contributed by atoms with Crippen LogP contribution < -0.4 is 0 Å². The third-order valence-electron chi connectivity index (χ3n) is 2.73. The lowest BCUT2D eigenvalue weighted by Gasteiger charge is -2.05. The molecule has 0 aliphatic rings. The maximum absolute atomic E-state index is 13.6. The Bertz CT molecular complexity index is 555. The fourth-order valence-electron chi connectivity index (χ4n) is 1.74. The molecular weight excluding hydrogens is 295 g/mol. The van der Waals surface area contributed by atoms with E-state index in [0.29, 0.717) is 4.47 Å². The van der Waals surface area contributed by atoms with E-state index in [0.717, 1.165) is 11.1 Å². The molecule has 0 aromatic heterocycles. The minimum atomic E-state index is -0.485. The van der Waals surface area contributed by atoms with Gasteiger partial charge < -0.3 is 0 Å².